The van der Waals surface area contributed by atoms with Gasteiger partial charge in [-0.1, -0.05) is 45.0 Å². The van der Waals surface area contributed by atoms with Crippen LogP contribution in [0, 0.1) is 13.8 Å². The maximum Gasteiger partial charge on any atom is 0.122 e. The molecule has 0 aliphatic heterocycles. The molecule has 0 spiro atoms. The van der Waals surface area contributed by atoms with Crippen molar-refractivity contribution in [2.45, 2.75) is 53.0 Å². The molecule has 0 aliphatic rings. The first kappa shape index (κ1) is 17.5. The SMILES string of the molecule is Cc1ccc(C)c(OCCCn2c(C(C)(C)C)nc3ccccc32)c1. The molecule has 0 atom stereocenters. The fourth-order valence-electron chi connectivity index (χ4n) is 3.14. The van der Waals surface area contributed by atoms with E-state index in [1.54, 1.807) is 0 Å². The lowest BCUT2D eigenvalue weighted by molar-refractivity contribution is 0.298. The van der Waals surface area contributed by atoms with E-state index in [-0.39, 0.29) is 5.41 Å². The molecule has 3 aromatic rings. The van der Waals surface area contributed by atoms with Crippen LogP contribution in [0.3, 0.4) is 0 Å². The van der Waals surface area contributed by atoms with Gasteiger partial charge in [0.15, 0.2) is 0 Å². The highest BCUT2D eigenvalue weighted by atomic mass is 16.5. The van der Waals surface area contributed by atoms with E-state index in [1.165, 1.54) is 16.6 Å². The summed E-state index contributed by atoms with van der Waals surface area (Å²) in [6, 6.07) is 14.7. The Hall–Kier alpha value is -2.29. The van der Waals surface area contributed by atoms with Crippen molar-refractivity contribution in [2.24, 2.45) is 0 Å². The van der Waals surface area contributed by atoms with Crippen LogP contribution in [-0.2, 0) is 12.0 Å². The van der Waals surface area contributed by atoms with Crippen LogP contribution in [0.25, 0.3) is 11.0 Å². The van der Waals surface area contributed by atoms with Crippen molar-refractivity contribution < 1.29 is 4.74 Å². The number of aryl methyl sites for hydroxylation is 3. The standard InChI is InChI=1S/C22H28N2O/c1-16-11-12-17(2)20(15-16)25-14-8-13-24-19-10-7-6-9-18(19)23-21(24)22(3,4)5/h6-7,9-12,15H,8,13-14H2,1-5H3. The van der Waals surface area contributed by atoms with Crippen molar-refractivity contribution in [3.05, 3.63) is 59.4 Å². The van der Waals surface area contributed by atoms with Crippen LogP contribution in [0.2, 0.25) is 0 Å². The van der Waals surface area contributed by atoms with Gasteiger partial charge in [0, 0.05) is 12.0 Å². The molecule has 0 saturated carbocycles. The van der Waals surface area contributed by atoms with Crippen LogP contribution >= 0.6 is 0 Å². The van der Waals surface area contributed by atoms with Gasteiger partial charge in [-0.2, -0.15) is 0 Å². The Bertz CT molecular complexity index is 871. The van der Waals surface area contributed by atoms with Crippen LogP contribution in [0.1, 0.15) is 44.1 Å². The smallest absolute Gasteiger partial charge is 0.122 e. The third-order valence-electron chi connectivity index (χ3n) is 4.45. The molecule has 132 valence electrons. The number of benzene rings is 2. The van der Waals surface area contributed by atoms with E-state index in [4.69, 9.17) is 9.72 Å². The Balaban J connectivity index is 1.74. The molecule has 0 radical (unpaired) electrons. The zero-order valence-electron chi connectivity index (χ0n) is 16.0. The van der Waals surface area contributed by atoms with Crippen molar-refractivity contribution in [1.29, 1.82) is 0 Å². The van der Waals surface area contributed by atoms with Gasteiger partial charge in [-0.25, -0.2) is 4.98 Å². The van der Waals surface area contributed by atoms with Crippen LogP contribution in [0.15, 0.2) is 42.5 Å². The summed E-state index contributed by atoms with van der Waals surface area (Å²) in [5.41, 5.74) is 4.72. The van der Waals surface area contributed by atoms with E-state index in [9.17, 15) is 0 Å². The summed E-state index contributed by atoms with van der Waals surface area (Å²) in [5.74, 6) is 2.13. The van der Waals surface area contributed by atoms with Crippen LogP contribution in [0.5, 0.6) is 5.75 Å². The number of para-hydroxylation sites is 2. The van der Waals surface area contributed by atoms with Crippen LogP contribution < -0.4 is 4.74 Å². The van der Waals surface area contributed by atoms with E-state index in [0.29, 0.717) is 6.61 Å². The number of aromatic nitrogens is 2. The van der Waals surface area contributed by atoms with Crippen molar-refractivity contribution in [3.8, 4) is 5.75 Å². The molecule has 3 rings (SSSR count). The van der Waals surface area contributed by atoms with Crippen molar-refractivity contribution in [3.63, 3.8) is 0 Å². The second-order valence-corrected chi connectivity index (χ2v) is 7.80. The van der Waals surface area contributed by atoms with Gasteiger partial charge in [0.2, 0.25) is 0 Å². The zero-order valence-corrected chi connectivity index (χ0v) is 16.0. The van der Waals surface area contributed by atoms with Gasteiger partial charge < -0.3 is 9.30 Å². The van der Waals surface area contributed by atoms with Gasteiger partial charge in [0.1, 0.15) is 11.6 Å². The molecule has 3 heteroatoms. The third-order valence-corrected chi connectivity index (χ3v) is 4.45. The number of nitrogens with zero attached hydrogens (tertiary/aromatic N) is 2. The summed E-state index contributed by atoms with van der Waals surface area (Å²) in [7, 11) is 0. The lowest BCUT2D eigenvalue weighted by Crippen LogP contribution is -2.19. The second kappa shape index (κ2) is 6.91. The molecule has 0 saturated heterocycles. The molecule has 0 amide bonds. The summed E-state index contributed by atoms with van der Waals surface area (Å²) >= 11 is 0. The zero-order chi connectivity index (χ0) is 18.0. The molecule has 2 aromatic carbocycles. The Morgan fingerprint density at radius 2 is 1.80 bits per heavy atom. The van der Waals surface area contributed by atoms with Gasteiger partial charge in [0.25, 0.3) is 0 Å². The average Bonchev–Trinajstić information content (AvgIpc) is 2.94. The molecule has 1 heterocycles. The number of ether oxygens (including phenoxy) is 1. The molecular weight excluding hydrogens is 308 g/mol. The van der Waals surface area contributed by atoms with E-state index < -0.39 is 0 Å². The summed E-state index contributed by atoms with van der Waals surface area (Å²) in [5, 5.41) is 0. The average molecular weight is 336 g/mol. The Morgan fingerprint density at radius 3 is 2.56 bits per heavy atom. The predicted octanol–water partition coefficient (Wildman–Crippen LogP) is 5.42. The predicted molar refractivity (Wildman–Crippen MR) is 104 cm³/mol. The Morgan fingerprint density at radius 1 is 1.04 bits per heavy atom. The van der Waals surface area contributed by atoms with E-state index in [0.717, 1.165) is 30.1 Å². The molecule has 0 bridgehead atoms. The molecule has 0 unspecified atom stereocenters. The second-order valence-electron chi connectivity index (χ2n) is 7.80. The maximum atomic E-state index is 6.02. The Kier molecular flexibility index (Phi) is 4.85. The van der Waals surface area contributed by atoms with Crippen molar-refractivity contribution >= 4 is 11.0 Å². The van der Waals surface area contributed by atoms with Crippen molar-refractivity contribution in [2.75, 3.05) is 6.61 Å². The van der Waals surface area contributed by atoms with Crippen LogP contribution in [-0.4, -0.2) is 16.2 Å². The number of hydrogen-bond acceptors (Lipinski definition) is 2. The molecular formula is C22H28N2O. The van der Waals surface area contributed by atoms with Crippen LogP contribution in [0.4, 0.5) is 0 Å². The summed E-state index contributed by atoms with van der Waals surface area (Å²) < 4.78 is 8.37. The number of rotatable bonds is 5. The quantitative estimate of drug-likeness (QED) is 0.582. The lowest BCUT2D eigenvalue weighted by atomic mass is 9.95. The Labute approximate surface area is 150 Å². The summed E-state index contributed by atoms with van der Waals surface area (Å²) in [4.78, 5) is 4.87. The highest BCUT2D eigenvalue weighted by Crippen LogP contribution is 2.26. The monoisotopic (exact) mass is 336 g/mol. The third kappa shape index (κ3) is 3.87. The highest BCUT2D eigenvalue weighted by molar-refractivity contribution is 5.76. The topological polar surface area (TPSA) is 27.1 Å². The largest absolute Gasteiger partial charge is 0.493 e. The fraction of sp³-hybridized carbons (Fsp3) is 0.409. The number of fused-ring (bicyclic) bond motifs is 1. The summed E-state index contributed by atoms with van der Waals surface area (Å²) in [6.45, 7) is 12.5. The van der Waals surface area contributed by atoms with Crippen molar-refractivity contribution in [1.82, 2.24) is 9.55 Å². The first-order valence-electron chi connectivity index (χ1n) is 9.02. The van der Waals surface area contributed by atoms with E-state index in [2.05, 4.69) is 81.7 Å². The molecule has 0 aliphatic carbocycles. The minimum Gasteiger partial charge on any atom is -0.493 e. The lowest BCUT2D eigenvalue weighted by Gasteiger charge is -2.20. The molecule has 0 fully saturated rings. The van der Waals surface area contributed by atoms with E-state index >= 15 is 0 Å². The van der Waals surface area contributed by atoms with Gasteiger partial charge in [-0.05, 0) is 49.6 Å². The van der Waals surface area contributed by atoms with Gasteiger partial charge in [-0.3, -0.25) is 0 Å². The van der Waals surface area contributed by atoms with Gasteiger partial charge in [0.05, 0.1) is 17.6 Å². The maximum absolute atomic E-state index is 6.02. The van der Waals surface area contributed by atoms with Gasteiger partial charge in [-0.15, -0.1) is 0 Å². The molecule has 25 heavy (non-hydrogen) atoms. The molecule has 0 N–H and O–H groups in total. The van der Waals surface area contributed by atoms with Gasteiger partial charge >= 0.3 is 0 Å². The minimum absolute atomic E-state index is 0.0208. The fourth-order valence-corrected chi connectivity index (χ4v) is 3.14. The minimum atomic E-state index is 0.0208. The highest BCUT2D eigenvalue weighted by Gasteiger charge is 2.22. The number of imidazole rings is 1. The molecule has 1 aromatic heterocycles. The number of hydrogen-bond donors (Lipinski definition) is 0. The molecule has 3 nitrogen and oxygen atoms in total. The first-order valence-corrected chi connectivity index (χ1v) is 9.02. The first-order chi connectivity index (χ1) is 11.9. The summed E-state index contributed by atoms with van der Waals surface area (Å²) in [6.07, 6.45) is 0.955. The van der Waals surface area contributed by atoms with E-state index in [1.807, 2.05) is 0 Å². The normalized spacial score (nSPS) is 11.9.